The number of rotatable bonds is 6. The van der Waals surface area contributed by atoms with Crippen LogP contribution in [0.4, 0.5) is 10.2 Å². The van der Waals surface area contributed by atoms with E-state index in [-0.39, 0.29) is 18.4 Å². The lowest BCUT2D eigenvalue weighted by atomic mass is 10.0. The molecule has 9 nitrogen and oxygen atoms in total. The fraction of sp³-hybridized carbons (Fsp3) is 0.148. The van der Waals surface area contributed by atoms with E-state index in [9.17, 15) is 14.0 Å². The first kappa shape index (κ1) is 23.9. The van der Waals surface area contributed by atoms with E-state index in [0.29, 0.717) is 33.8 Å². The van der Waals surface area contributed by atoms with Crippen LogP contribution in [0.15, 0.2) is 67.1 Å². The molecule has 3 aromatic heterocycles. The number of imidazole rings is 1. The van der Waals surface area contributed by atoms with Crippen LogP contribution < -0.4 is 10.6 Å². The number of fused-ring (bicyclic) bond motifs is 1. The van der Waals surface area contributed by atoms with Crippen LogP contribution in [-0.2, 0) is 18.4 Å². The highest BCUT2D eigenvalue weighted by Gasteiger charge is 2.16. The summed E-state index contributed by atoms with van der Waals surface area (Å²) in [5.41, 5.74) is 5.01. The number of carbonyl (C=O) groups is 2. The Morgan fingerprint density at radius 2 is 1.89 bits per heavy atom. The summed E-state index contributed by atoms with van der Waals surface area (Å²) in [5.74, 6) is -0.541. The summed E-state index contributed by atoms with van der Waals surface area (Å²) in [6, 6.07) is 13.9. The molecule has 10 heteroatoms. The number of hydrogen-bond acceptors (Lipinski definition) is 5. The number of nitrogens with one attached hydrogen (secondary N) is 2. The van der Waals surface area contributed by atoms with E-state index in [0.717, 1.165) is 16.7 Å². The molecular weight excluding hydrogens is 473 g/mol. The van der Waals surface area contributed by atoms with Crippen molar-refractivity contribution in [3.05, 3.63) is 89.6 Å². The number of aryl methyl sites for hydroxylation is 2. The Bertz CT molecular complexity index is 1650. The smallest absolute Gasteiger partial charge is 0.251 e. The Morgan fingerprint density at radius 3 is 2.65 bits per heavy atom. The molecule has 0 radical (unpaired) electrons. The average molecular weight is 498 g/mol. The third-order valence-electron chi connectivity index (χ3n) is 5.96. The van der Waals surface area contributed by atoms with Crippen LogP contribution in [0.1, 0.15) is 28.4 Å². The molecule has 0 spiro atoms. The summed E-state index contributed by atoms with van der Waals surface area (Å²) >= 11 is 0. The zero-order valence-corrected chi connectivity index (χ0v) is 20.5. The second-order valence-electron chi connectivity index (χ2n) is 8.71. The zero-order valence-electron chi connectivity index (χ0n) is 20.5. The van der Waals surface area contributed by atoms with E-state index in [4.69, 9.17) is 0 Å². The lowest BCUT2D eigenvalue weighted by molar-refractivity contribution is -0.114. The van der Waals surface area contributed by atoms with Gasteiger partial charge in [0.05, 0.1) is 18.1 Å². The number of hydrogen-bond donors (Lipinski definition) is 2. The molecule has 0 aliphatic carbocycles. The highest BCUT2D eigenvalue weighted by Crippen LogP contribution is 2.26. The first-order valence-electron chi connectivity index (χ1n) is 11.6. The quantitative estimate of drug-likeness (QED) is 0.367. The van der Waals surface area contributed by atoms with Gasteiger partial charge >= 0.3 is 0 Å². The SMILES string of the molecule is CC(=O)Nc1cn2nc(-c3ccc(C)c(C(=O)NCc4c(F)cccc4-c4cnn(C)c4)c3)ccc2n1. The van der Waals surface area contributed by atoms with Crippen LogP contribution >= 0.6 is 0 Å². The minimum atomic E-state index is -0.399. The van der Waals surface area contributed by atoms with Gasteiger partial charge < -0.3 is 10.6 Å². The molecule has 0 aliphatic rings. The zero-order chi connectivity index (χ0) is 26.1. The van der Waals surface area contributed by atoms with Crippen LogP contribution in [0.25, 0.3) is 28.0 Å². The molecule has 186 valence electrons. The van der Waals surface area contributed by atoms with Crippen molar-refractivity contribution in [3.63, 3.8) is 0 Å². The van der Waals surface area contributed by atoms with Gasteiger partial charge in [0.25, 0.3) is 5.91 Å². The van der Waals surface area contributed by atoms with Gasteiger partial charge in [-0.15, -0.1) is 0 Å². The number of halogens is 1. The van der Waals surface area contributed by atoms with E-state index in [1.165, 1.54) is 13.0 Å². The molecule has 0 unspecified atom stereocenters. The standard InChI is InChI=1S/C27H24FN7O2/c1-16-7-8-18(24-9-10-26-32-25(31-17(2)36)15-35(26)33-24)11-21(16)27(37)29-13-22-20(5-4-6-23(22)28)19-12-30-34(3)14-19/h4-12,14-15H,13H2,1-3H3,(H,29,37)(H,31,36). The number of nitrogens with zero attached hydrogens (tertiary/aromatic N) is 5. The number of aromatic nitrogens is 5. The Kier molecular flexibility index (Phi) is 6.22. The summed E-state index contributed by atoms with van der Waals surface area (Å²) in [5, 5.41) is 14.2. The molecule has 2 aromatic carbocycles. The van der Waals surface area contributed by atoms with Gasteiger partial charge in [0.2, 0.25) is 5.91 Å². The van der Waals surface area contributed by atoms with Crippen molar-refractivity contribution in [1.29, 1.82) is 0 Å². The maximum Gasteiger partial charge on any atom is 0.251 e. The van der Waals surface area contributed by atoms with Gasteiger partial charge in [0, 0.05) is 49.0 Å². The fourth-order valence-electron chi connectivity index (χ4n) is 4.14. The number of carbonyl (C=O) groups excluding carboxylic acids is 2. The van der Waals surface area contributed by atoms with Crippen molar-refractivity contribution in [2.75, 3.05) is 5.32 Å². The molecule has 2 amide bonds. The first-order valence-corrected chi connectivity index (χ1v) is 11.6. The normalized spacial score (nSPS) is 11.0. The van der Waals surface area contributed by atoms with Gasteiger partial charge in [-0.1, -0.05) is 24.3 Å². The predicted octanol–water partition coefficient (Wildman–Crippen LogP) is 4.13. The summed E-state index contributed by atoms with van der Waals surface area (Å²) < 4.78 is 18.0. The summed E-state index contributed by atoms with van der Waals surface area (Å²) in [4.78, 5) is 28.8. The highest BCUT2D eigenvalue weighted by atomic mass is 19.1. The molecule has 0 bridgehead atoms. The van der Waals surface area contributed by atoms with Gasteiger partial charge in [0.15, 0.2) is 11.5 Å². The van der Waals surface area contributed by atoms with Crippen LogP contribution in [0, 0.1) is 12.7 Å². The van der Waals surface area contributed by atoms with Crippen molar-refractivity contribution in [2.24, 2.45) is 7.05 Å². The van der Waals surface area contributed by atoms with Crippen LogP contribution in [0.5, 0.6) is 0 Å². The largest absolute Gasteiger partial charge is 0.348 e. The molecule has 0 saturated carbocycles. The van der Waals surface area contributed by atoms with Crippen molar-refractivity contribution in [2.45, 2.75) is 20.4 Å². The molecule has 5 aromatic rings. The maximum atomic E-state index is 14.7. The Morgan fingerprint density at radius 1 is 1.05 bits per heavy atom. The van der Waals surface area contributed by atoms with Gasteiger partial charge in [-0.2, -0.15) is 10.2 Å². The lowest BCUT2D eigenvalue weighted by Crippen LogP contribution is -2.24. The van der Waals surface area contributed by atoms with Crippen molar-refractivity contribution in [1.82, 2.24) is 29.7 Å². The molecule has 3 heterocycles. The van der Waals surface area contributed by atoms with Crippen molar-refractivity contribution < 1.29 is 14.0 Å². The number of amides is 2. The molecule has 2 N–H and O–H groups in total. The molecule has 37 heavy (non-hydrogen) atoms. The molecule has 0 aliphatic heterocycles. The predicted molar refractivity (Wildman–Crippen MR) is 137 cm³/mol. The Balaban J connectivity index is 1.40. The first-order chi connectivity index (χ1) is 17.8. The Labute approximate surface area is 212 Å². The molecule has 0 saturated heterocycles. The average Bonchev–Trinajstić information content (AvgIpc) is 3.47. The van der Waals surface area contributed by atoms with E-state index in [1.54, 1.807) is 59.1 Å². The molecule has 0 atom stereocenters. The molecule has 5 rings (SSSR count). The fourth-order valence-corrected chi connectivity index (χ4v) is 4.14. The third-order valence-corrected chi connectivity index (χ3v) is 5.96. The van der Waals surface area contributed by atoms with E-state index < -0.39 is 5.82 Å². The molecular formula is C27H24FN7O2. The number of anilines is 1. The summed E-state index contributed by atoms with van der Waals surface area (Å²) in [6.45, 7) is 3.27. The number of benzene rings is 2. The summed E-state index contributed by atoms with van der Waals surface area (Å²) in [6.07, 6.45) is 5.09. The monoisotopic (exact) mass is 497 g/mol. The lowest BCUT2D eigenvalue weighted by Gasteiger charge is -2.13. The van der Waals surface area contributed by atoms with Gasteiger partial charge in [-0.25, -0.2) is 13.9 Å². The van der Waals surface area contributed by atoms with E-state index in [1.807, 2.05) is 25.1 Å². The van der Waals surface area contributed by atoms with E-state index in [2.05, 4.69) is 25.8 Å². The van der Waals surface area contributed by atoms with Gasteiger partial charge in [-0.05, 0) is 42.3 Å². The van der Waals surface area contributed by atoms with Crippen LogP contribution in [0.3, 0.4) is 0 Å². The minimum absolute atomic E-state index is 0.0184. The van der Waals surface area contributed by atoms with E-state index >= 15 is 0 Å². The summed E-state index contributed by atoms with van der Waals surface area (Å²) in [7, 11) is 1.79. The third kappa shape index (κ3) is 4.94. The van der Waals surface area contributed by atoms with Crippen molar-refractivity contribution in [3.8, 4) is 22.4 Å². The van der Waals surface area contributed by atoms with Gasteiger partial charge in [0.1, 0.15) is 5.82 Å². The second kappa shape index (κ2) is 9.65. The molecule has 0 fully saturated rings. The van der Waals surface area contributed by atoms with Gasteiger partial charge in [-0.3, -0.25) is 14.3 Å². The van der Waals surface area contributed by atoms with Crippen LogP contribution in [-0.4, -0.2) is 36.2 Å². The topological polar surface area (TPSA) is 106 Å². The van der Waals surface area contributed by atoms with Crippen molar-refractivity contribution >= 4 is 23.3 Å². The maximum absolute atomic E-state index is 14.7. The minimum Gasteiger partial charge on any atom is -0.348 e. The Hall–Kier alpha value is -4.86. The highest BCUT2D eigenvalue weighted by molar-refractivity contribution is 5.97. The second-order valence-corrected chi connectivity index (χ2v) is 8.71. The van der Waals surface area contributed by atoms with Crippen LogP contribution in [0.2, 0.25) is 0 Å².